The normalized spacial score (nSPS) is 19.6. The van der Waals surface area contributed by atoms with Crippen LogP contribution in [0.15, 0.2) is 18.2 Å². The lowest BCUT2D eigenvalue weighted by molar-refractivity contribution is -0.138. The summed E-state index contributed by atoms with van der Waals surface area (Å²) in [5, 5.41) is 7.52. The molecule has 146 valence electrons. The van der Waals surface area contributed by atoms with Crippen LogP contribution >= 0.6 is 0 Å². The number of aryl methyl sites for hydroxylation is 2. The van der Waals surface area contributed by atoms with Gasteiger partial charge in [0.1, 0.15) is 18.5 Å². The average molecular weight is 374 g/mol. The largest absolute Gasteiger partial charge is 0.493 e. The lowest BCUT2D eigenvalue weighted by Crippen LogP contribution is -2.42. The Morgan fingerprint density at radius 2 is 2.07 bits per heavy atom. The molecule has 2 aromatic rings. The molecule has 0 spiro atoms. The summed E-state index contributed by atoms with van der Waals surface area (Å²) in [5.41, 5.74) is 0.855. The summed E-state index contributed by atoms with van der Waals surface area (Å²) in [6, 6.07) is 5.17. The van der Waals surface area contributed by atoms with E-state index in [1.54, 1.807) is 14.2 Å². The third-order valence-electron chi connectivity index (χ3n) is 4.56. The number of morpholine rings is 1. The zero-order chi connectivity index (χ0) is 19.4. The number of amides is 1. The van der Waals surface area contributed by atoms with Crippen molar-refractivity contribution in [2.24, 2.45) is 0 Å². The molecule has 0 saturated carbocycles. The highest BCUT2D eigenvalue weighted by Crippen LogP contribution is 2.37. The fourth-order valence-corrected chi connectivity index (χ4v) is 3.24. The van der Waals surface area contributed by atoms with Gasteiger partial charge >= 0.3 is 0 Å². The molecule has 0 unspecified atom stereocenters. The molecule has 1 amide bonds. The van der Waals surface area contributed by atoms with Crippen LogP contribution in [0, 0.1) is 6.92 Å². The van der Waals surface area contributed by atoms with E-state index < -0.39 is 12.1 Å². The number of nitrogens with zero attached hydrogens (tertiary/aromatic N) is 3. The summed E-state index contributed by atoms with van der Waals surface area (Å²) in [4.78, 5) is 16.6. The van der Waals surface area contributed by atoms with Gasteiger partial charge in [-0.2, -0.15) is 5.10 Å². The number of carbonyl (C=O) groups is 1. The van der Waals surface area contributed by atoms with Crippen molar-refractivity contribution in [3.05, 3.63) is 35.4 Å². The van der Waals surface area contributed by atoms with E-state index in [9.17, 15) is 4.79 Å². The lowest BCUT2D eigenvalue weighted by Gasteiger charge is -2.32. The van der Waals surface area contributed by atoms with Crippen LogP contribution in [0.5, 0.6) is 11.5 Å². The molecule has 27 heavy (non-hydrogen) atoms. The van der Waals surface area contributed by atoms with Gasteiger partial charge in [0, 0.05) is 6.54 Å². The van der Waals surface area contributed by atoms with Gasteiger partial charge in [0.2, 0.25) is 5.91 Å². The van der Waals surface area contributed by atoms with Crippen LogP contribution in [-0.4, -0.2) is 41.5 Å². The molecule has 1 aliphatic rings. The smallest absolute Gasteiger partial charge is 0.246 e. The van der Waals surface area contributed by atoms with Crippen LogP contribution in [0.1, 0.15) is 49.1 Å². The van der Waals surface area contributed by atoms with Gasteiger partial charge in [-0.3, -0.25) is 4.79 Å². The zero-order valence-corrected chi connectivity index (χ0v) is 16.2. The minimum absolute atomic E-state index is 0.00581. The van der Waals surface area contributed by atoms with Crippen LogP contribution in [0.25, 0.3) is 0 Å². The number of benzene rings is 1. The van der Waals surface area contributed by atoms with E-state index in [0.29, 0.717) is 17.3 Å². The fourth-order valence-electron chi connectivity index (χ4n) is 3.24. The monoisotopic (exact) mass is 374 g/mol. The topological polar surface area (TPSA) is 87.5 Å². The number of nitrogens with one attached hydrogen (secondary N) is 1. The van der Waals surface area contributed by atoms with Crippen molar-refractivity contribution in [3.8, 4) is 11.5 Å². The minimum atomic E-state index is -0.432. The highest BCUT2D eigenvalue weighted by molar-refractivity contribution is 5.78. The van der Waals surface area contributed by atoms with Gasteiger partial charge in [0.25, 0.3) is 0 Å². The van der Waals surface area contributed by atoms with E-state index in [1.165, 1.54) is 0 Å². The van der Waals surface area contributed by atoms with E-state index in [0.717, 1.165) is 30.8 Å². The molecule has 0 aliphatic carbocycles. The van der Waals surface area contributed by atoms with Crippen LogP contribution in [-0.2, 0) is 16.1 Å². The SMILES string of the molecule is CCCCn1nc(C)nc1[C@H]1OCC(=O)N[C@@H]1c1ccc(OC)c(OC)c1. The van der Waals surface area contributed by atoms with Crippen molar-refractivity contribution in [3.63, 3.8) is 0 Å². The molecular weight excluding hydrogens is 348 g/mol. The van der Waals surface area contributed by atoms with Crippen molar-refractivity contribution >= 4 is 5.91 Å². The first kappa shape index (κ1) is 19.2. The Morgan fingerprint density at radius 1 is 1.30 bits per heavy atom. The van der Waals surface area contributed by atoms with Gasteiger partial charge in [0.05, 0.1) is 20.3 Å². The van der Waals surface area contributed by atoms with Crippen molar-refractivity contribution in [1.82, 2.24) is 20.1 Å². The highest BCUT2D eigenvalue weighted by Gasteiger charge is 2.36. The van der Waals surface area contributed by atoms with Crippen LogP contribution in [0.2, 0.25) is 0 Å². The number of methoxy groups -OCH3 is 2. The Kier molecular flexibility index (Phi) is 5.95. The summed E-state index contributed by atoms with van der Waals surface area (Å²) >= 11 is 0. The first-order chi connectivity index (χ1) is 13.1. The summed E-state index contributed by atoms with van der Waals surface area (Å²) in [7, 11) is 3.17. The first-order valence-electron chi connectivity index (χ1n) is 9.11. The van der Waals surface area contributed by atoms with E-state index in [-0.39, 0.29) is 12.5 Å². The molecule has 3 rings (SSSR count). The standard InChI is InChI=1S/C19H26N4O4/c1-5-6-9-23-19(20-12(2)22-23)18-17(21-16(24)11-27-18)13-7-8-14(25-3)15(10-13)26-4/h7-8,10,17-18H,5-6,9,11H2,1-4H3,(H,21,24)/t17-,18+/m1/s1. The predicted molar refractivity (Wildman–Crippen MR) is 98.8 cm³/mol. The third-order valence-corrected chi connectivity index (χ3v) is 4.56. The highest BCUT2D eigenvalue weighted by atomic mass is 16.5. The van der Waals surface area contributed by atoms with Gasteiger partial charge in [-0.15, -0.1) is 0 Å². The van der Waals surface area contributed by atoms with Crippen LogP contribution < -0.4 is 14.8 Å². The van der Waals surface area contributed by atoms with Crippen molar-refractivity contribution < 1.29 is 19.0 Å². The molecule has 0 bridgehead atoms. The van der Waals surface area contributed by atoms with E-state index in [4.69, 9.17) is 14.2 Å². The van der Waals surface area contributed by atoms with Crippen molar-refractivity contribution in [2.45, 2.75) is 45.4 Å². The maximum atomic E-state index is 12.0. The fraction of sp³-hybridized carbons (Fsp3) is 0.526. The maximum Gasteiger partial charge on any atom is 0.246 e. The Bertz CT molecular complexity index is 805. The zero-order valence-electron chi connectivity index (χ0n) is 16.2. The number of rotatable bonds is 7. The van der Waals surface area contributed by atoms with E-state index >= 15 is 0 Å². The second-order valence-electron chi connectivity index (χ2n) is 6.49. The minimum Gasteiger partial charge on any atom is -0.493 e. The summed E-state index contributed by atoms with van der Waals surface area (Å²) in [6.07, 6.45) is 1.62. The number of aromatic nitrogens is 3. The first-order valence-corrected chi connectivity index (χ1v) is 9.11. The molecule has 1 fully saturated rings. The third kappa shape index (κ3) is 4.05. The van der Waals surface area contributed by atoms with Gasteiger partial charge < -0.3 is 19.5 Å². The maximum absolute atomic E-state index is 12.0. The quantitative estimate of drug-likeness (QED) is 0.800. The molecule has 2 atom stereocenters. The Morgan fingerprint density at radius 3 is 2.78 bits per heavy atom. The van der Waals surface area contributed by atoms with Gasteiger partial charge in [0.15, 0.2) is 17.3 Å². The van der Waals surface area contributed by atoms with Gasteiger partial charge in [-0.25, -0.2) is 9.67 Å². The molecule has 1 aliphatic heterocycles. The molecule has 1 aromatic heterocycles. The molecule has 1 N–H and O–H groups in total. The molecule has 1 aromatic carbocycles. The summed E-state index contributed by atoms with van der Waals surface area (Å²) < 4.78 is 18.5. The van der Waals surface area contributed by atoms with Crippen molar-refractivity contribution in [1.29, 1.82) is 0 Å². The Labute approximate surface area is 158 Å². The Hall–Kier alpha value is -2.61. The lowest BCUT2D eigenvalue weighted by atomic mass is 9.98. The predicted octanol–water partition coefficient (Wildman–Crippen LogP) is 2.33. The molecular formula is C19H26N4O4. The number of hydrogen-bond acceptors (Lipinski definition) is 6. The van der Waals surface area contributed by atoms with Gasteiger partial charge in [-0.1, -0.05) is 19.4 Å². The summed E-state index contributed by atoms with van der Waals surface area (Å²) in [5.74, 6) is 2.47. The van der Waals surface area contributed by atoms with Crippen LogP contribution in [0.3, 0.4) is 0 Å². The van der Waals surface area contributed by atoms with E-state index in [2.05, 4.69) is 22.3 Å². The summed E-state index contributed by atoms with van der Waals surface area (Å²) in [6.45, 7) is 4.75. The number of carbonyl (C=O) groups excluding carboxylic acids is 1. The second-order valence-corrected chi connectivity index (χ2v) is 6.49. The van der Waals surface area contributed by atoms with Crippen molar-refractivity contribution in [2.75, 3.05) is 20.8 Å². The number of unbranched alkanes of at least 4 members (excludes halogenated alkanes) is 1. The van der Waals surface area contributed by atoms with Crippen LogP contribution in [0.4, 0.5) is 0 Å². The van der Waals surface area contributed by atoms with E-state index in [1.807, 2.05) is 29.8 Å². The number of hydrogen-bond donors (Lipinski definition) is 1. The second kappa shape index (κ2) is 8.39. The molecule has 0 radical (unpaired) electrons. The molecule has 1 saturated heterocycles. The Balaban J connectivity index is 1.98. The molecule has 2 heterocycles. The van der Waals surface area contributed by atoms with Gasteiger partial charge in [-0.05, 0) is 31.0 Å². The average Bonchev–Trinajstić information content (AvgIpc) is 3.05. The number of ether oxygens (including phenoxy) is 3. The molecule has 8 heteroatoms. The molecule has 8 nitrogen and oxygen atoms in total.